The molecule has 4 rings (SSSR count). The molecule has 0 aliphatic carbocycles. The van der Waals surface area contributed by atoms with Crippen LogP contribution in [0.3, 0.4) is 0 Å². The molecule has 6 heteroatoms. The van der Waals surface area contributed by atoms with Crippen LogP contribution in [0.4, 0.5) is 0 Å². The van der Waals surface area contributed by atoms with E-state index in [9.17, 15) is 9.59 Å². The van der Waals surface area contributed by atoms with Crippen molar-refractivity contribution in [3.05, 3.63) is 35.4 Å². The van der Waals surface area contributed by atoms with Gasteiger partial charge in [-0.25, -0.2) is 0 Å². The van der Waals surface area contributed by atoms with Gasteiger partial charge in [-0.3, -0.25) is 19.4 Å². The summed E-state index contributed by atoms with van der Waals surface area (Å²) in [5, 5.41) is 3.11. The van der Waals surface area contributed by atoms with Gasteiger partial charge in [0.15, 0.2) is 0 Å². The summed E-state index contributed by atoms with van der Waals surface area (Å²) in [4.78, 5) is 33.7. The first-order valence-electron chi connectivity index (χ1n) is 13.6. The van der Waals surface area contributed by atoms with Crippen molar-refractivity contribution >= 4 is 11.8 Å². The number of hydrogen-bond acceptors (Lipinski definition) is 4. The smallest absolute Gasteiger partial charge is 0.246 e. The van der Waals surface area contributed by atoms with E-state index in [1.807, 2.05) is 4.90 Å². The molecule has 3 heterocycles. The highest BCUT2D eigenvalue weighted by Gasteiger charge is 2.53. The lowest BCUT2D eigenvalue weighted by atomic mass is 9.80. The first-order chi connectivity index (χ1) is 16.4. The molecule has 0 bridgehead atoms. The summed E-state index contributed by atoms with van der Waals surface area (Å²) in [6.45, 7) is 13.1. The van der Waals surface area contributed by atoms with Crippen molar-refractivity contribution < 1.29 is 9.59 Å². The number of carbonyl (C=O) groups is 2. The Balaban J connectivity index is 1.37. The van der Waals surface area contributed by atoms with Gasteiger partial charge >= 0.3 is 0 Å². The van der Waals surface area contributed by atoms with E-state index in [4.69, 9.17) is 0 Å². The summed E-state index contributed by atoms with van der Waals surface area (Å²) >= 11 is 0. The number of nitrogens with one attached hydrogen (secondary N) is 1. The third-order valence-electron chi connectivity index (χ3n) is 7.97. The zero-order valence-corrected chi connectivity index (χ0v) is 21.5. The maximum atomic E-state index is 13.4. The van der Waals surface area contributed by atoms with E-state index in [0.29, 0.717) is 18.9 Å². The van der Waals surface area contributed by atoms with Crippen molar-refractivity contribution in [1.82, 2.24) is 20.0 Å². The highest BCUT2D eigenvalue weighted by atomic mass is 16.2. The van der Waals surface area contributed by atoms with Crippen molar-refractivity contribution in [2.45, 2.75) is 90.4 Å². The van der Waals surface area contributed by atoms with E-state index in [2.05, 4.69) is 60.2 Å². The molecule has 0 aromatic heterocycles. The summed E-state index contributed by atoms with van der Waals surface area (Å²) < 4.78 is 0. The maximum Gasteiger partial charge on any atom is 0.246 e. The summed E-state index contributed by atoms with van der Waals surface area (Å²) in [6, 6.07) is 8.70. The van der Waals surface area contributed by atoms with E-state index in [1.165, 1.54) is 37.1 Å². The second kappa shape index (κ2) is 11.2. The van der Waals surface area contributed by atoms with Crippen molar-refractivity contribution in [1.29, 1.82) is 0 Å². The fourth-order valence-corrected chi connectivity index (χ4v) is 5.93. The molecule has 1 aromatic carbocycles. The van der Waals surface area contributed by atoms with Crippen LogP contribution >= 0.6 is 0 Å². The van der Waals surface area contributed by atoms with Gasteiger partial charge in [0, 0.05) is 32.7 Å². The number of hydrogen-bond donors (Lipinski definition) is 1. The summed E-state index contributed by atoms with van der Waals surface area (Å²) in [6.07, 6.45) is 6.77. The quantitative estimate of drug-likeness (QED) is 0.599. The average Bonchev–Trinajstić information content (AvgIpc) is 3.33. The maximum absolute atomic E-state index is 13.4. The van der Waals surface area contributed by atoms with Gasteiger partial charge in [0.2, 0.25) is 11.8 Å². The highest BCUT2D eigenvalue weighted by Crippen LogP contribution is 2.34. The Hall–Kier alpha value is -1.92. The molecule has 6 nitrogen and oxygen atoms in total. The van der Waals surface area contributed by atoms with Crippen LogP contribution in [0.15, 0.2) is 24.3 Å². The van der Waals surface area contributed by atoms with E-state index < -0.39 is 5.54 Å². The van der Waals surface area contributed by atoms with Gasteiger partial charge in [-0.2, -0.15) is 0 Å². The van der Waals surface area contributed by atoms with Crippen LogP contribution in [0, 0.1) is 5.92 Å². The molecule has 0 radical (unpaired) electrons. The summed E-state index contributed by atoms with van der Waals surface area (Å²) in [7, 11) is 0. The van der Waals surface area contributed by atoms with Gasteiger partial charge in [-0.05, 0) is 68.7 Å². The number of likely N-dealkylation sites (tertiary alicyclic amines) is 2. The number of carbonyl (C=O) groups excluding carboxylic acids is 2. The first-order valence-corrected chi connectivity index (χ1v) is 13.6. The second-order valence-electron chi connectivity index (χ2n) is 11.1. The molecule has 1 N–H and O–H groups in total. The number of piperidine rings is 1. The van der Waals surface area contributed by atoms with E-state index in [0.717, 1.165) is 51.9 Å². The number of rotatable bonds is 9. The lowest BCUT2D eigenvalue weighted by Crippen LogP contribution is -2.73. The molecule has 3 fully saturated rings. The van der Waals surface area contributed by atoms with Crippen LogP contribution in [-0.4, -0.2) is 70.8 Å². The molecule has 3 aliphatic rings. The molecular weight excluding hydrogens is 424 g/mol. The molecule has 1 aromatic rings. The van der Waals surface area contributed by atoms with Crippen LogP contribution < -0.4 is 5.32 Å². The number of amides is 2. The fraction of sp³-hybridized carbons (Fsp3) is 0.714. The first kappa shape index (κ1) is 25.2. The zero-order chi connectivity index (χ0) is 24.1. The van der Waals surface area contributed by atoms with E-state index >= 15 is 0 Å². The van der Waals surface area contributed by atoms with Crippen LogP contribution in [0.5, 0.6) is 0 Å². The largest absolute Gasteiger partial charge is 0.342 e. The van der Waals surface area contributed by atoms with Crippen molar-refractivity contribution in [2.24, 2.45) is 5.92 Å². The van der Waals surface area contributed by atoms with Gasteiger partial charge in [0.25, 0.3) is 0 Å². The Morgan fingerprint density at radius 2 is 1.50 bits per heavy atom. The molecule has 188 valence electrons. The van der Waals surface area contributed by atoms with E-state index in [-0.39, 0.29) is 17.9 Å². The third kappa shape index (κ3) is 5.65. The van der Waals surface area contributed by atoms with Crippen molar-refractivity contribution in [2.75, 3.05) is 32.7 Å². The van der Waals surface area contributed by atoms with Gasteiger partial charge in [-0.1, -0.05) is 51.5 Å². The van der Waals surface area contributed by atoms with Gasteiger partial charge in [-0.15, -0.1) is 0 Å². The van der Waals surface area contributed by atoms with Crippen LogP contribution in [-0.2, 0) is 22.7 Å². The van der Waals surface area contributed by atoms with Crippen molar-refractivity contribution in [3.8, 4) is 0 Å². The minimum absolute atomic E-state index is 0.0692. The van der Waals surface area contributed by atoms with E-state index in [1.54, 1.807) is 0 Å². The molecular formula is C28H44N4O2. The molecule has 0 saturated carbocycles. The molecule has 2 amide bonds. The summed E-state index contributed by atoms with van der Waals surface area (Å²) in [5.74, 6) is 0.573. The second-order valence-corrected chi connectivity index (χ2v) is 11.1. The topological polar surface area (TPSA) is 55.9 Å². The molecule has 0 unspecified atom stereocenters. The Labute approximate surface area is 206 Å². The van der Waals surface area contributed by atoms with Gasteiger partial charge in [0.1, 0.15) is 11.6 Å². The van der Waals surface area contributed by atoms with Crippen LogP contribution in [0.1, 0.15) is 76.8 Å². The molecule has 1 spiro atoms. The van der Waals surface area contributed by atoms with Crippen LogP contribution in [0.25, 0.3) is 0 Å². The zero-order valence-electron chi connectivity index (χ0n) is 21.5. The molecule has 34 heavy (non-hydrogen) atoms. The number of nitrogens with zero attached hydrogens (tertiary/aromatic N) is 3. The standard InChI is InChI=1S/C28H44N4O2/c1-4-5-16-32-26(33)25(19-22(2)3)29-27(34)28(32)12-17-31(18-13-28)21-24-10-8-23(9-11-24)20-30-14-6-7-15-30/h8-11,22,25H,4-7,12-21H2,1-3H3,(H,29,34)/t25-/m0/s1. The van der Waals surface area contributed by atoms with Crippen molar-refractivity contribution in [3.63, 3.8) is 0 Å². The monoisotopic (exact) mass is 468 g/mol. The average molecular weight is 469 g/mol. The Bertz CT molecular complexity index is 823. The Morgan fingerprint density at radius 1 is 0.941 bits per heavy atom. The predicted octanol–water partition coefficient (Wildman–Crippen LogP) is 3.79. The third-order valence-corrected chi connectivity index (χ3v) is 7.97. The van der Waals surface area contributed by atoms with Crippen LogP contribution in [0.2, 0.25) is 0 Å². The lowest BCUT2D eigenvalue weighted by Gasteiger charge is -2.52. The minimum Gasteiger partial charge on any atom is -0.342 e. The SMILES string of the molecule is CCCCN1C(=O)[C@H](CC(C)C)NC(=O)C12CCN(Cc1ccc(CN3CCCC3)cc1)CC2. The highest BCUT2D eigenvalue weighted by molar-refractivity contribution is 6.00. The molecule has 3 saturated heterocycles. The lowest BCUT2D eigenvalue weighted by molar-refractivity contribution is -0.161. The molecule has 3 aliphatic heterocycles. The minimum atomic E-state index is -0.671. The normalized spacial score (nSPS) is 23.8. The number of benzene rings is 1. The van der Waals surface area contributed by atoms with Gasteiger partial charge < -0.3 is 10.2 Å². The fourth-order valence-electron chi connectivity index (χ4n) is 5.93. The Kier molecular flexibility index (Phi) is 8.30. The number of unbranched alkanes of at least 4 members (excludes halogenated alkanes) is 1. The van der Waals surface area contributed by atoms with Gasteiger partial charge in [0.05, 0.1) is 0 Å². The number of piperazine rings is 1. The molecule has 1 atom stereocenters. The summed E-state index contributed by atoms with van der Waals surface area (Å²) in [5.41, 5.74) is 2.05. The Morgan fingerprint density at radius 3 is 2.03 bits per heavy atom. The predicted molar refractivity (Wildman–Crippen MR) is 136 cm³/mol.